The van der Waals surface area contributed by atoms with Gasteiger partial charge in [-0.05, 0) is 76.7 Å². The van der Waals surface area contributed by atoms with Crippen LogP contribution in [-0.2, 0) is 19.0 Å². The van der Waals surface area contributed by atoms with Crippen LogP contribution in [0.15, 0.2) is 46.2 Å². The summed E-state index contributed by atoms with van der Waals surface area (Å²) < 4.78 is 17.6. The molecule has 11 nitrogen and oxygen atoms in total. The van der Waals surface area contributed by atoms with E-state index in [0.717, 1.165) is 5.57 Å². The first-order chi connectivity index (χ1) is 24.5. The van der Waals surface area contributed by atoms with Crippen LogP contribution in [0.5, 0.6) is 0 Å². The molecule has 2 bridgehead atoms. The number of fused-ring (bicyclic) bond motifs is 2. The summed E-state index contributed by atoms with van der Waals surface area (Å²) in [5.74, 6) is -0.376. The molecule has 53 heavy (non-hydrogen) atoms. The number of carbonyl (C=O) groups is 1. The summed E-state index contributed by atoms with van der Waals surface area (Å²) in [5, 5.41) is 77.0. The second kappa shape index (κ2) is 21.1. The topological polar surface area (TPSA) is 186 Å². The lowest BCUT2D eigenvalue weighted by Crippen LogP contribution is -2.48. The van der Waals surface area contributed by atoms with E-state index in [1.54, 1.807) is 45.7 Å². The molecule has 13 atom stereocenters. The molecule has 2 aliphatic rings. The Morgan fingerprint density at radius 3 is 2.25 bits per heavy atom. The predicted octanol–water partition coefficient (Wildman–Crippen LogP) is 5.37. The maximum Gasteiger partial charge on any atom is 0.331 e. The Hall–Kier alpha value is -1.61. The Labute approximate surface area is 325 Å². The van der Waals surface area contributed by atoms with E-state index < -0.39 is 71.7 Å². The number of hydrogen-bond donors (Lipinski definition) is 7. The number of aliphatic hydroxyl groups is 7. The first kappa shape index (κ1) is 47.5. The van der Waals surface area contributed by atoms with E-state index in [0.29, 0.717) is 49.0 Å². The van der Waals surface area contributed by atoms with Crippen molar-refractivity contribution in [1.29, 1.82) is 0 Å². The van der Waals surface area contributed by atoms with Gasteiger partial charge in [-0.3, -0.25) is 0 Å². The van der Waals surface area contributed by atoms with Crippen LogP contribution in [0, 0.1) is 23.2 Å². The lowest BCUT2D eigenvalue weighted by Gasteiger charge is -2.38. The van der Waals surface area contributed by atoms with Crippen molar-refractivity contribution in [3.8, 4) is 0 Å². The van der Waals surface area contributed by atoms with Gasteiger partial charge >= 0.3 is 5.97 Å². The number of halogens is 1. The van der Waals surface area contributed by atoms with Gasteiger partial charge in [0.15, 0.2) is 0 Å². The lowest BCUT2D eigenvalue weighted by molar-refractivity contribution is -0.164. The summed E-state index contributed by atoms with van der Waals surface area (Å²) in [4.78, 5) is 14.6. The average Bonchev–Trinajstić information content (AvgIpc) is 3.34. The third kappa shape index (κ3) is 14.1. The number of carbonyl (C=O) groups excluding carboxylic acids is 1. The van der Waals surface area contributed by atoms with Gasteiger partial charge in [0.2, 0.25) is 0 Å². The number of rotatable bonds is 16. The van der Waals surface area contributed by atoms with Gasteiger partial charge in [0.1, 0.15) is 23.6 Å². The smallest absolute Gasteiger partial charge is 0.331 e. The molecule has 0 saturated carbocycles. The minimum Gasteiger partial charge on any atom is -0.496 e. The molecule has 0 aromatic heterocycles. The lowest BCUT2D eigenvalue weighted by atomic mass is 9.75. The third-order valence-electron chi connectivity index (χ3n) is 11.4. The highest BCUT2D eigenvalue weighted by Gasteiger charge is 2.52. The minimum absolute atomic E-state index is 0.0217. The van der Waals surface area contributed by atoms with Gasteiger partial charge in [-0.2, -0.15) is 0 Å². The van der Waals surface area contributed by atoms with Gasteiger partial charge in [0.25, 0.3) is 0 Å². The van der Waals surface area contributed by atoms with Crippen molar-refractivity contribution in [1.82, 2.24) is 0 Å². The van der Waals surface area contributed by atoms with Gasteiger partial charge in [-0.25, -0.2) is 4.79 Å². The van der Waals surface area contributed by atoms with Gasteiger partial charge in [-0.15, -0.1) is 0 Å². The summed E-state index contributed by atoms with van der Waals surface area (Å²) in [5.41, 5.74) is -0.339. The molecule has 0 aromatic rings. The number of methoxy groups -OCH3 is 1. The first-order valence-electron chi connectivity index (χ1n) is 19.1. The molecule has 0 aromatic carbocycles. The van der Waals surface area contributed by atoms with Crippen molar-refractivity contribution in [2.24, 2.45) is 23.2 Å². The second-order valence-corrected chi connectivity index (χ2v) is 17.4. The molecule has 0 aliphatic carbocycles. The molecule has 3 unspecified atom stereocenters. The molecule has 12 heteroatoms. The monoisotopic (exact) mass is 816 g/mol. The van der Waals surface area contributed by atoms with E-state index >= 15 is 0 Å². The van der Waals surface area contributed by atoms with E-state index in [1.165, 1.54) is 13.2 Å². The van der Waals surface area contributed by atoms with Gasteiger partial charge in [0.05, 0.1) is 49.8 Å². The maximum absolute atomic E-state index is 13.0. The molecule has 0 spiro atoms. The molecule has 1 saturated heterocycles. The molecule has 306 valence electrons. The summed E-state index contributed by atoms with van der Waals surface area (Å²) in [7, 11) is 1.48. The van der Waals surface area contributed by atoms with E-state index in [-0.39, 0.29) is 43.6 Å². The van der Waals surface area contributed by atoms with Crippen LogP contribution in [0.2, 0.25) is 0 Å². The molecule has 1 fully saturated rings. The number of ether oxygens (including phenoxy) is 3. The molecular formula is C41H69BrO11. The fraction of sp³-hybridized carbons (Fsp3) is 0.780. The Kier molecular flexibility index (Phi) is 18.9. The molecule has 2 rings (SSSR count). The molecule has 0 radical (unpaired) electrons. The quantitative estimate of drug-likeness (QED) is 0.0460. The van der Waals surface area contributed by atoms with Crippen LogP contribution in [-0.4, -0.2) is 109 Å². The number of esters is 1. The normalized spacial score (nSPS) is 31.9. The third-order valence-corrected chi connectivity index (χ3v) is 11.9. The van der Waals surface area contributed by atoms with Gasteiger partial charge in [-0.1, -0.05) is 74.3 Å². The second-order valence-electron chi connectivity index (χ2n) is 17.0. The van der Waals surface area contributed by atoms with Crippen LogP contribution >= 0.6 is 15.9 Å². The highest BCUT2D eigenvalue weighted by atomic mass is 79.9. The van der Waals surface area contributed by atoms with Crippen molar-refractivity contribution in [2.75, 3.05) is 7.11 Å². The van der Waals surface area contributed by atoms with Crippen LogP contribution in [0.4, 0.5) is 0 Å². The van der Waals surface area contributed by atoms with Crippen LogP contribution < -0.4 is 0 Å². The van der Waals surface area contributed by atoms with Crippen LogP contribution in [0.1, 0.15) is 113 Å². The molecule has 0 amide bonds. The highest BCUT2D eigenvalue weighted by molar-refractivity contribution is 9.11. The van der Waals surface area contributed by atoms with E-state index in [2.05, 4.69) is 36.4 Å². The van der Waals surface area contributed by atoms with Crippen LogP contribution in [0.25, 0.3) is 0 Å². The van der Waals surface area contributed by atoms with Crippen molar-refractivity contribution in [3.05, 3.63) is 46.2 Å². The van der Waals surface area contributed by atoms with E-state index in [4.69, 9.17) is 14.2 Å². The Bertz CT molecular complexity index is 1280. The van der Waals surface area contributed by atoms with Crippen LogP contribution in [0.3, 0.4) is 0 Å². The summed E-state index contributed by atoms with van der Waals surface area (Å²) >= 11 is 3.19. The highest BCUT2D eigenvalue weighted by Crippen LogP contribution is 2.41. The van der Waals surface area contributed by atoms with Crippen molar-refractivity contribution in [3.63, 3.8) is 0 Å². The van der Waals surface area contributed by atoms with E-state index in [1.807, 2.05) is 6.92 Å². The zero-order valence-electron chi connectivity index (χ0n) is 33.4. The molecular weight excluding hydrogens is 748 g/mol. The molecule has 2 aliphatic heterocycles. The predicted molar refractivity (Wildman–Crippen MR) is 209 cm³/mol. The molecule has 7 N–H and O–H groups in total. The largest absolute Gasteiger partial charge is 0.496 e. The summed E-state index contributed by atoms with van der Waals surface area (Å²) in [6.07, 6.45) is -1.94. The van der Waals surface area contributed by atoms with Crippen molar-refractivity contribution >= 4 is 21.9 Å². The zero-order valence-corrected chi connectivity index (χ0v) is 35.0. The Morgan fingerprint density at radius 1 is 1.04 bits per heavy atom. The minimum atomic E-state index is -1.27. The standard InChI is InChI=1S/C41H69BrO11/c1-23-11-24(2)17-39(50)52-38-20-31(14-25(3)13-29(43)12-23)53-41(38,9)37(49)16-26(4)15-35(47)40(7,8)36(48)21-33(46)28(6)32(45)19-30(44)18-27(5)34(22-42)51-10/h16-17,22-23,25,28-33,35-38,43-49H,5,11-15,18-21H2,1-4,6-10H3/b24-17+,26-16+,34-22+/t23?,25?,28-,29?,30+,31+,32+,33-,35-,36+,37+,38-,41-/m1/s1. The zero-order chi connectivity index (χ0) is 40.4. The average molecular weight is 818 g/mol. The van der Waals surface area contributed by atoms with E-state index in [9.17, 15) is 40.5 Å². The van der Waals surface area contributed by atoms with Crippen molar-refractivity contribution in [2.45, 2.75) is 174 Å². The fourth-order valence-electron chi connectivity index (χ4n) is 7.69. The SMILES string of the molecule is C=C(C[C@H](O)C[C@H](O)[C@@H](C)[C@H](O)C[C@H](O)C(C)(C)[C@H](O)C/C(C)=C/[C@H](O)[C@@]1(C)O[C@H]2CC(C)CC(O)CC(C)C/C(C)=C/C(=O)O[C@@H]1C2)/C(=C\Br)OC. The number of aliphatic hydroxyl groups excluding tert-OH is 7. The molecule has 2 heterocycles. The first-order valence-corrected chi connectivity index (χ1v) is 20.0. The fourth-order valence-corrected chi connectivity index (χ4v) is 8.20. The summed E-state index contributed by atoms with van der Waals surface area (Å²) in [6.45, 7) is 18.4. The Morgan fingerprint density at radius 2 is 1.64 bits per heavy atom. The number of hydrogen-bond acceptors (Lipinski definition) is 11. The summed E-state index contributed by atoms with van der Waals surface area (Å²) in [6, 6.07) is 0. The van der Waals surface area contributed by atoms with Gasteiger partial charge in [0, 0.05) is 41.7 Å². The Balaban J connectivity index is 2.11. The maximum atomic E-state index is 13.0. The van der Waals surface area contributed by atoms with Gasteiger partial charge < -0.3 is 50.0 Å². The van der Waals surface area contributed by atoms with Crippen molar-refractivity contribution < 1.29 is 54.8 Å². The number of allylic oxidation sites excluding steroid dienone is 2.